The summed E-state index contributed by atoms with van der Waals surface area (Å²) in [6.45, 7) is 4.43. The Morgan fingerprint density at radius 3 is 2.65 bits per heavy atom. The maximum atomic E-state index is 13.9. The molecular formula is C17H18F2N2O2. The zero-order valence-corrected chi connectivity index (χ0v) is 13.1. The molecule has 1 aromatic heterocycles. The summed E-state index contributed by atoms with van der Waals surface area (Å²) < 4.78 is 33.1. The van der Waals surface area contributed by atoms with Crippen molar-refractivity contribution in [2.24, 2.45) is 0 Å². The van der Waals surface area contributed by atoms with Gasteiger partial charge in [-0.05, 0) is 30.9 Å². The fourth-order valence-electron chi connectivity index (χ4n) is 2.88. The molecule has 1 aromatic carbocycles. The molecule has 1 atom stereocenters. The number of amides is 1. The Bertz CT molecular complexity index is 707. The van der Waals surface area contributed by atoms with Gasteiger partial charge in [0.05, 0.1) is 11.7 Å². The van der Waals surface area contributed by atoms with Crippen molar-refractivity contribution in [2.75, 3.05) is 6.54 Å². The predicted molar refractivity (Wildman–Crippen MR) is 80.0 cm³/mol. The highest BCUT2D eigenvalue weighted by molar-refractivity contribution is 5.95. The Balaban J connectivity index is 1.90. The van der Waals surface area contributed by atoms with Crippen LogP contribution in [-0.2, 0) is 0 Å². The summed E-state index contributed by atoms with van der Waals surface area (Å²) in [4.78, 5) is 14.1. The van der Waals surface area contributed by atoms with Crippen LogP contribution in [0.2, 0.25) is 0 Å². The van der Waals surface area contributed by atoms with E-state index in [1.807, 2.05) is 19.9 Å². The first-order chi connectivity index (χ1) is 11.0. The standard InChI is InChI=1S/C17H18F2N2O2/c1-10(2)13-9-15(23-20-13)14-7-4-8-21(14)17(22)16-11(18)5-3-6-12(16)19/h3,5-6,9-10,14H,4,7-8H2,1-2H3/t14-/m0/s1. The van der Waals surface area contributed by atoms with E-state index in [2.05, 4.69) is 5.16 Å². The van der Waals surface area contributed by atoms with Crippen molar-refractivity contribution in [2.45, 2.75) is 38.6 Å². The van der Waals surface area contributed by atoms with Crippen molar-refractivity contribution >= 4 is 5.91 Å². The zero-order chi connectivity index (χ0) is 16.6. The highest BCUT2D eigenvalue weighted by Crippen LogP contribution is 2.35. The third kappa shape index (κ3) is 2.85. The van der Waals surface area contributed by atoms with E-state index in [0.717, 1.165) is 24.2 Å². The van der Waals surface area contributed by atoms with Crippen molar-refractivity contribution < 1.29 is 18.1 Å². The number of likely N-dealkylation sites (tertiary alicyclic amines) is 1. The lowest BCUT2D eigenvalue weighted by atomic mass is 10.1. The lowest BCUT2D eigenvalue weighted by Crippen LogP contribution is -2.31. The van der Waals surface area contributed by atoms with Gasteiger partial charge in [0, 0.05) is 12.6 Å². The van der Waals surface area contributed by atoms with Crippen molar-refractivity contribution in [1.29, 1.82) is 0 Å². The zero-order valence-electron chi connectivity index (χ0n) is 13.1. The molecule has 0 N–H and O–H groups in total. The lowest BCUT2D eigenvalue weighted by Gasteiger charge is -2.23. The second-order valence-corrected chi connectivity index (χ2v) is 6.06. The van der Waals surface area contributed by atoms with Gasteiger partial charge in [-0.3, -0.25) is 4.79 Å². The normalized spacial score (nSPS) is 18.0. The largest absolute Gasteiger partial charge is 0.359 e. The van der Waals surface area contributed by atoms with E-state index in [4.69, 9.17) is 4.52 Å². The summed E-state index contributed by atoms with van der Waals surface area (Å²) >= 11 is 0. The first kappa shape index (κ1) is 15.6. The van der Waals surface area contributed by atoms with Gasteiger partial charge < -0.3 is 9.42 Å². The Morgan fingerprint density at radius 1 is 1.35 bits per heavy atom. The number of halogens is 2. The van der Waals surface area contributed by atoms with Crippen LogP contribution in [0.4, 0.5) is 8.78 Å². The summed E-state index contributed by atoms with van der Waals surface area (Å²) in [5, 5.41) is 4.00. The predicted octanol–water partition coefficient (Wildman–Crippen LogP) is 4.05. The van der Waals surface area contributed by atoms with E-state index in [-0.39, 0.29) is 12.0 Å². The van der Waals surface area contributed by atoms with Crippen LogP contribution in [0.15, 0.2) is 28.8 Å². The van der Waals surface area contributed by atoms with Gasteiger partial charge in [-0.15, -0.1) is 0 Å². The molecule has 0 radical (unpaired) electrons. The minimum absolute atomic E-state index is 0.210. The molecule has 6 heteroatoms. The van der Waals surface area contributed by atoms with Crippen LogP contribution in [0.3, 0.4) is 0 Å². The maximum Gasteiger partial charge on any atom is 0.260 e. The number of carbonyl (C=O) groups excluding carboxylic acids is 1. The first-order valence-corrected chi connectivity index (χ1v) is 7.70. The van der Waals surface area contributed by atoms with Crippen LogP contribution < -0.4 is 0 Å². The monoisotopic (exact) mass is 320 g/mol. The van der Waals surface area contributed by atoms with Gasteiger partial charge in [0.15, 0.2) is 5.76 Å². The molecule has 4 nitrogen and oxygen atoms in total. The van der Waals surface area contributed by atoms with Gasteiger partial charge >= 0.3 is 0 Å². The molecule has 0 saturated carbocycles. The average Bonchev–Trinajstić information content (AvgIpc) is 3.15. The number of nitrogens with zero attached hydrogens (tertiary/aromatic N) is 2. The van der Waals surface area contributed by atoms with Gasteiger partial charge in [0.2, 0.25) is 0 Å². The first-order valence-electron chi connectivity index (χ1n) is 7.70. The van der Waals surface area contributed by atoms with Crippen LogP contribution in [-0.4, -0.2) is 22.5 Å². The number of carbonyl (C=O) groups is 1. The Morgan fingerprint density at radius 2 is 2.04 bits per heavy atom. The molecular weight excluding hydrogens is 302 g/mol. The molecule has 0 aliphatic carbocycles. The molecule has 2 aromatic rings. The molecule has 0 spiro atoms. The fraction of sp³-hybridized carbons (Fsp3) is 0.412. The van der Waals surface area contributed by atoms with Gasteiger partial charge in [0.25, 0.3) is 5.91 Å². The number of benzene rings is 1. The highest BCUT2D eigenvalue weighted by Gasteiger charge is 2.35. The summed E-state index contributed by atoms with van der Waals surface area (Å²) in [5.74, 6) is -1.56. The third-order valence-electron chi connectivity index (χ3n) is 4.16. The number of aromatic nitrogens is 1. The Kier molecular flexibility index (Phi) is 4.15. The van der Waals surface area contributed by atoms with Crippen molar-refractivity contribution in [3.8, 4) is 0 Å². The van der Waals surface area contributed by atoms with Crippen LogP contribution >= 0.6 is 0 Å². The summed E-state index contributed by atoms with van der Waals surface area (Å²) in [7, 11) is 0. The quantitative estimate of drug-likeness (QED) is 0.857. The van der Waals surface area contributed by atoms with E-state index in [9.17, 15) is 13.6 Å². The molecule has 1 fully saturated rings. The summed E-state index contributed by atoms with van der Waals surface area (Å²) in [5.41, 5.74) is 0.291. The van der Waals surface area contributed by atoms with E-state index >= 15 is 0 Å². The highest BCUT2D eigenvalue weighted by atomic mass is 19.1. The van der Waals surface area contributed by atoms with E-state index in [0.29, 0.717) is 18.7 Å². The molecule has 23 heavy (non-hydrogen) atoms. The topological polar surface area (TPSA) is 46.3 Å². The van der Waals surface area contributed by atoms with Crippen molar-refractivity contribution in [3.05, 3.63) is 52.9 Å². The minimum Gasteiger partial charge on any atom is -0.359 e. The van der Waals surface area contributed by atoms with Crippen LogP contribution in [0.25, 0.3) is 0 Å². The molecule has 1 amide bonds. The molecule has 122 valence electrons. The Labute approximate surface area is 133 Å². The molecule has 0 bridgehead atoms. The van der Waals surface area contributed by atoms with Crippen molar-refractivity contribution in [1.82, 2.24) is 10.1 Å². The van der Waals surface area contributed by atoms with Gasteiger partial charge in [0.1, 0.15) is 17.2 Å². The molecule has 0 unspecified atom stereocenters. The van der Waals surface area contributed by atoms with Gasteiger partial charge in [-0.25, -0.2) is 8.78 Å². The van der Waals surface area contributed by atoms with Crippen LogP contribution in [0.5, 0.6) is 0 Å². The molecule has 1 aliphatic heterocycles. The van der Waals surface area contributed by atoms with Gasteiger partial charge in [-0.2, -0.15) is 0 Å². The Hall–Kier alpha value is -2.24. The molecule has 1 saturated heterocycles. The van der Waals surface area contributed by atoms with E-state index in [1.165, 1.54) is 11.0 Å². The number of rotatable bonds is 3. The summed E-state index contributed by atoms with van der Waals surface area (Å²) in [6, 6.07) is 4.91. The van der Waals surface area contributed by atoms with E-state index in [1.54, 1.807) is 0 Å². The third-order valence-corrected chi connectivity index (χ3v) is 4.16. The second-order valence-electron chi connectivity index (χ2n) is 6.06. The lowest BCUT2D eigenvalue weighted by molar-refractivity contribution is 0.0704. The second kappa shape index (κ2) is 6.10. The van der Waals surface area contributed by atoms with Crippen molar-refractivity contribution in [3.63, 3.8) is 0 Å². The number of hydrogen-bond donors (Lipinski definition) is 0. The molecule has 1 aliphatic rings. The smallest absolute Gasteiger partial charge is 0.260 e. The average molecular weight is 320 g/mol. The molecule has 2 heterocycles. The van der Waals surface area contributed by atoms with Crippen LogP contribution in [0.1, 0.15) is 60.5 Å². The maximum absolute atomic E-state index is 13.9. The van der Waals surface area contributed by atoms with E-state index < -0.39 is 23.1 Å². The molecule has 3 rings (SSSR count). The SMILES string of the molecule is CC(C)c1cc([C@@H]2CCCN2C(=O)c2c(F)cccc2F)on1. The number of hydrogen-bond acceptors (Lipinski definition) is 3. The fourth-order valence-corrected chi connectivity index (χ4v) is 2.88. The van der Waals surface area contributed by atoms with Crippen LogP contribution in [0, 0.1) is 11.6 Å². The minimum atomic E-state index is -0.846. The summed E-state index contributed by atoms with van der Waals surface area (Å²) in [6.07, 6.45) is 1.44. The van der Waals surface area contributed by atoms with Gasteiger partial charge in [-0.1, -0.05) is 25.1 Å².